The minimum Gasteiger partial charge on any atom is -0.464 e. The van der Waals surface area contributed by atoms with Gasteiger partial charge in [-0.1, -0.05) is 29.5 Å². The van der Waals surface area contributed by atoms with Crippen LogP contribution in [0.1, 0.15) is 38.5 Å². The molecule has 9 heteroatoms. The summed E-state index contributed by atoms with van der Waals surface area (Å²) in [5.74, 6) is 0.558. The number of piperazine rings is 1. The van der Waals surface area contributed by atoms with E-state index in [1.54, 1.807) is 41.4 Å². The van der Waals surface area contributed by atoms with E-state index in [4.69, 9.17) is 4.42 Å². The number of anilines is 1. The molecule has 0 spiro atoms. The molecule has 0 radical (unpaired) electrons. The second kappa shape index (κ2) is 7.93. The Morgan fingerprint density at radius 2 is 1.70 bits per heavy atom. The van der Waals surface area contributed by atoms with Gasteiger partial charge in [-0.25, -0.2) is 9.67 Å². The number of pyridine rings is 1. The van der Waals surface area contributed by atoms with Crippen LogP contribution in [0.15, 0.2) is 53.3 Å². The Morgan fingerprint density at radius 1 is 0.909 bits per heavy atom. The highest BCUT2D eigenvalue weighted by molar-refractivity contribution is 6.26. The number of benzene rings is 1. The molecule has 0 bridgehead atoms. The van der Waals surface area contributed by atoms with Gasteiger partial charge in [0.15, 0.2) is 5.69 Å². The van der Waals surface area contributed by atoms with Gasteiger partial charge in [-0.05, 0) is 18.6 Å². The number of ketones is 2. The fourth-order valence-corrected chi connectivity index (χ4v) is 4.74. The molecule has 1 aliphatic heterocycles. The van der Waals surface area contributed by atoms with Gasteiger partial charge >= 0.3 is 0 Å². The predicted molar refractivity (Wildman–Crippen MR) is 121 cm³/mol. The molecule has 1 aliphatic carbocycles. The number of carbonyl (C=O) groups excluding carboxylic acids is 2. The monoisotopic (exact) mass is 442 g/mol. The third-order valence-electron chi connectivity index (χ3n) is 6.46. The van der Waals surface area contributed by atoms with E-state index in [1.807, 2.05) is 12.1 Å². The third-order valence-corrected chi connectivity index (χ3v) is 6.46. The zero-order valence-corrected chi connectivity index (χ0v) is 18.0. The molecule has 1 fully saturated rings. The van der Waals surface area contributed by atoms with Crippen molar-refractivity contribution in [3.8, 4) is 0 Å². The summed E-state index contributed by atoms with van der Waals surface area (Å²) >= 11 is 0. The van der Waals surface area contributed by atoms with E-state index in [9.17, 15) is 9.59 Å². The summed E-state index contributed by atoms with van der Waals surface area (Å²) in [4.78, 5) is 34.9. The smallest absolute Gasteiger partial charge is 0.216 e. The lowest BCUT2D eigenvalue weighted by molar-refractivity contribution is 0.0970. The van der Waals surface area contributed by atoms with E-state index in [1.165, 1.54) is 0 Å². The molecule has 1 saturated heterocycles. The Hall–Kier alpha value is -3.85. The Kier molecular flexibility index (Phi) is 4.76. The fourth-order valence-electron chi connectivity index (χ4n) is 4.74. The maximum absolute atomic E-state index is 13.0. The molecule has 2 aliphatic rings. The van der Waals surface area contributed by atoms with E-state index >= 15 is 0 Å². The van der Waals surface area contributed by atoms with Gasteiger partial charge in [0.05, 0.1) is 11.6 Å². The first-order valence-corrected chi connectivity index (χ1v) is 11.1. The number of fused-ring (bicyclic) bond motifs is 3. The molecule has 0 N–H and O–H groups in total. The summed E-state index contributed by atoms with van der Waals surface area (Å²) in [6, 6.07) is 10.7. The minimum atomic E-state index is -0.233. The molecule has 9 nitrogen and oxygen atoms in total. The number of nitrogens with zero attached hydrogens (tertiary/aromatic N) is 6. The second-order valence-corrected chi connectivity index (χ2v) is 8.36. The third kappa shape index (κ3) is 3.32. The summed E-state index contributed by atoms with van der Waals surface area (Å²) in [6.45, 7) is 5.05. The molecule has 0 amide bonds. The van der Waals surface area contributed by atoms with Crippen molar-refractivity contribution in [2.75, 3.05) is 37.6 Å². The lowest BCUT2D eigenvalue weighted by Gasteiger charge is -2.35. The first-order valence-electron chi connectivity index (χ1n) is 11.1. The largest absolute Gasteiger partial charge is 0.464 e. The lowest BCUT2D eigenvalue weighted by atomic mass is 9.90. The zero-order valence-electron chi connectivity index (χ0n) is 18.0. The topological polar surface area (TPSA) is 97.4 Å². The Bertz CT molecular complexity index is 1370. The van der Waals surface area contributed by atoms with Gasteiger partial charge in [0, 0.05) is 56.6 Å². The summed E-state index contributed by atoms with van der Waals surface area (Å²) in [5.41, 5.74) is 2.15. The number of carbonyl (C=O) groups is 2. The van der Waals surface area contributed by atoms with Crippen LogP contribution in [0.4, 0.5) is 5.82 Å². The maximum atomic E-state index is 13.0. The molecule has 4 aromatic rings. The fraction of sp³-hybridized carbons (Fsp3) is 0.292. The van der Waals surface area contributed by atoms with Crippen LogP contribution >= 0.6 is 0 Å². The molecule has 0 unspecified atom stereocenters. The standard InChI is InChI=1S/C24H22N6O3/c31-22-16-4-1-2-5-17(16)23(32)21-20(22)26-27-30(21)10-3-9-28-11-13-29(14-12-28)24-18-7-15-33-19(18)6-8-25-24/h1-2,4-8,15H,3,9-14H2. The molecule has 0 saturated carbocycles. The van der Waals surface area contributed by atoms with Crippen LogP contribution in [-0.4, -0.2) is 69.2 Å². The van der Waals surface area contributed by atoms with Crippen LogP contribution in [-0.2, 0) is 6.54 Å². The molecule has 4 heterocycles. The van der Waals surface area contributed by atoms with Crippen molar-refractivity contribution in [2.45, 2.75) is 13.0 Å². The SMILES string of the molecule is O=C1c2ccccc2C(=O)c2c1nnn2CCCN1CCN(c2nccc3occc23)CC1. The molecular formula is C24H22N6O3. The van der Waals surface area contributed by atoms with Crippen molar-refractivity contribution in [1.82, 2.24) is 24.9 Å². The maximum Gasteiger partial charge on any atom is 0.216 e. The number of rotatable bonds is 5. The molecular weight excluding hydrogens is 420 g/mol. The Morgan fingerprint density at radius 3 is 2.52 bits per heavy atom. The molecule has 1 aromatic carbocycles. The molecule has 0 atom stereocenters. The van der Waals surface area contributed by atoms with Crippen LogP contribution in [0.5, 0.6) is 0 Å². The van der Waals surface area contributed by atoms with Crippen molar-refractivity contribution in [3.05, 3.63) is 71.4 Å². The molecule has 6 rings (SSSR count). The highest BCUT2D eigenvalue weighted by Crippen LogP contribution is 2.27. The van der Waals surface area contributed by atoms with Crippen LogP contribution < -0.4 is 4.90 Å². The summed E-state index contributed by atoms with van der Waals surface area (Å²) in [7, 11) is 0. The van der Waals surface area contributed by atoms with Gasteiger partial charge < -0.3 is 9.32 Å². The summed E-state index contributed by atoms with van der Waals surface area (Å²) in [5, 5.41) is 9.19. The Labute approximate surface area is 189 Å². The number of hydrogen-bond acceptors (Lipinski definition) is 8. The summed E-state index contributed by atoms with van der Waals surface area (Å²) in [6.07, 6.45) is 4.30. The van der Waals surface area contributed by atoms with E-state index in [0.717, 1.165) is 55.9 Å². The van der Waals surface area contributed by atoms with Crippen LogP contribution in [0, 0.1) is 0 Å². The van der Waals surface area contributed by atoms with E-state index in [0.29, 0.717) is 23.4 Å². The van der Waals surface area contributed by atoms with Crippen molar-refractivity contribution in [3.63, 3.8) is 0 Å². The lowest BCUT2D eigenvalue weighted by Crippen LogP contribution is -2.47. The zero-order chi connectivity index (χ0) is 22.4. The molecule has 33 heavy (non-hydrogen) atoms. The van der Waals surface area contributed by atoms with Crippen LogP contribution in [0.2, 0.25) is 0 Å². The van der Waals surface area contributed by atoms with Gasteiger partial charge in [-0.15, -0.1) is 5.10 Å². The quantitative estimate of drug-likeness (QED) is 0.409. The van der Waals surface area contributed by atoms with Gasteiger partial charge in [-0.3, -0.25) is 14.5 Å². The number of hydrogen-bond donors (Lipinski definition) is 0. The first-order chi connectivity index (χ1) is 16.2. The van der Waals surface area contributed by atoms with Crippen LogP contribution in [0.3, 0.4) is 0 Å². The van der Waals surface area contributed by atoms with Crippen molar-refractivity contribution in [1.29, 1.82) is 0 Å². The average molecular weight is 442 g/mol. The van der Waals surface area contributed by atoms with Gasteiger partial charge in [0.1, 0.15) is 17.1 Å². The molecule has 3 aromatic heterocycles. The van der Waals surface area contributed by atoms with Gasteiger partial charge in [0.25, 0.3) is 0 Å². The predicted octanol–water partition coefficient (Wildman–Crippen LogP) is 2.41. The number of furan rings is 1. The minimum absolute atomic E-state index is 0.160. The number of aromatic nitrogens is 4. The second-order valence-electron chi connectivity index (χ2n) is 8.36. The van der Waals surface area contributed by atoms with Crippen molar-refractivity contribution in [2.24, 2.45) is 0 Å². The normalized spacial score (nSPS) is 16.3. The van der Waals surface area contributed by atoms with Gasteiger partial charge in [-0.2, -0.15) is 0 Å². The highest BCUT2D eigenvalue weighted by atomic mass is 16.3. The Balaban J connectivity index is 1.08. The van der Waals surface area contributed by atoms with Crippen molar-refractivity contribution >= 4 is 28.4 Å². The average Bonchev–Trinajstić information content (AvgIpc) is 3.51. The van der Waals surface area contributed by atoms with Crippen LogP contribution in [0.25, 0.3) is 11.0 Å². The van der Waals surface area contributed by atoms with E-state index in [-0.39, 0.29) is 17.3 Å². The molecule has 166 valence electrons. The van der Waals surface area contributed by atoms with Gasteiger partial charge in [0.2, 0.25) is 11.6 Å². The number of aryl methyl sites for hydroxylation is 1. The summed E-state index contributed by atoms with van der Waals surface area (Å²) < 4.78 is 7.09. The highest BCUT2D eigenvalue weighted by Gasteiger charge is 2.34. The van der Waals surface area contributed by atoms with E-state index < -0.39 is 0 Å². The first kappa shape index (κ1) is 19.8. The van der Waals surface area contributed by atoms with Crippen molar-refractivity contribution < 1.29 is 14.0 Å². The van der Waals surface area contributed by atoms with E-state index in [2.05, 4.69) is 25.1 Å².